The number of hydrogen-bond acceptors (Lipinski definition) is 4. The third-order valence-electron chi connectivity index (χ3n) is 2.94. The summed E-state index contributed by atoms with van der Waals surface area (Å²) in [6, 6.07) is 7.49. The first-order valence-corrected chi connectivity index (χ1v) is 7.95. The van der Waals surface area contributed by atoms with Crippen LogP contribution in [-0.2, 0) is 16.0 Å². The number of carbonyl (C=O) groups is 2. The van der Waals surface area contributed by atoms with Crippen LogP contribution in [0.4, 0.5) is 5.69 Å². The molecule has 3 N–H and O–H groups in total. The molecule has 2 amide bonds. The Hall–Kier alpha value is -2.21. The van der Waals surface area contributed by atoms with Gasteiger partial charge in [-0.3, -0.25) is 9.59 Å². The van der Waals surface area contributed by atoms with Crippen molar-refractivity contribution in [2.45, 2.75) is 26.7 Å². The molecule has 1 heterocycles. The van der Waals surface area contributed by atoms with E-state index in [1.165, 1.54) is 11.3 Å². The molecule has 0 aliphatic rings. The number of nitrogens with two attached hydrogens (primary N) is 1. The molecule has 0 aliphatic heterocycles. The summed E-state index contributed by atoms with van der Waals surface area (Å²) in [7, 11) is 0. The van der Waals surface area contributed by atoms with E-state index in [4.69, 9.17) is 5.73 Å². The van der Waals surface area contributed by atoms with Crippen LogP contribution < -0.4 is 11.1 Å². The lowest BCUT2D eigenvalue weighted by Gasteiger charge is -2.07. The van der Waals surface area contributed by atoms with Crippen molar-refractivity contribution in [2.24, 2.45) is 11.7 Å². The van der Waals surface area contributed by atoms with Crippen molar-refractivity contribution >= 4 is 28.8 Å². The molecule has 2 rings (SSSR count). The monoisotopic (exact) mass is 317 g/mol. The number of amides is 2. The van der Waals surface area contributed by atoms with Crippen LogP contribution in [0.3, 0.4) is 0 Å². The smallest absolute Gasteiger partial charge is 0.224 e. The van der Waals surface area contributed by atoms with Crippen LogP contribution in [0, 0.1) is 5.92 Å². The largest absolute Gasteiger partial charge is 0.369 e. The molecular weight excluding hydrogens is 298 g/mol. The molecule has 0 bridgehead atoms. The zero-order valence-corrected chi connectivity index (χ0v) is 13.4. The Labute approximate surface area is 133 Å². The molecule has 1 aromatic carbocycles. The van der Waals surface area contributed by atoms with Crippen molar-refractivity contribution in [3.63, 3.8) is 0 Å². The SMILES string of the molecule is CC(C)CC(=O)Nc1ccc(-c2csc(CC(N)=O)n2)cc1. The highest BCUT2D eigenvalue weighted by Gasteiger charge is 2.08. The van der Waals surface area contributed by atoms with Gasteiger partial charge in [-0.1, -0.05) is 26.0 Å². The fourth-order valence-corrected chi connectivity index (χ4v) is 2.79. The predicted molar refractivity (Wildman–Crippen MR) is 88.5 cm³/mol. The molecule has 1 aromatic heterocycles. The molecule has 0 fully saturated rings. The van der Waals surface area contributed by atoms with Gasteiger partial charge in [-0.25, -0.2) is 4.98 Å². The van der Waals surface area contributed by atoms with Gasteiger partial charge in [-0.05, 0) is 18.1 Å². The van der Waals surface area contributed by atoms with Crippen molar-refractivity contribution in [1.82, 2.24) is 4.98 Å². The first-order chi connectivity index (χ1) is 10.4. The number of primary amides is 1. The summed E-state index contributed by atoms with van der Waals surface area (Å²) in [5.41, 5.74) is 7.67. The van der Waals surface area contributed by atoms with Gasteiger partial charge in [0.2, 0.25) is 11.8 Å². The quantitative estimate of drug-likeness (QED) is 0.859. The minimum Gasteiger partial charge on any atom is -0.369 e. The number of aromatic nitrogens is 1. The van der Waals surface area contributed by atoms with E-state index in [1.807, 2.05) is 43.5 Å². The molecule has 0 spiro atoms. The average molecular weight is 317 g/mol. The Balaban J connectivity index is 2.03. The second-order valence-electron chi connectivity index (χ2n) is 5.49. The summed E-state index contributed by atoms with van der Waals surface area (Å²) in [6.07, 6.45) is 0.665. The van der Waals surface area contributed by atoms with Gasteiger partial charge in [0.15, 0.2) is 0 Å². The number of nitrogens with one attached hydrogen (secondary N) is 1. The number of benzene rings is 1. The van der Waals surface area contributed by atoms with Crippen molar-refractivity contribution in [1.29, 1.82) is 0 Å². The van der Waals surface area contributed by atoms with Gasteiger partial charge in [0.25, 0.3) is 0 Å². The predicted octanol–water partition coefficient (Wildman–Crippen LogP) is 2.82. The van der Waals surface area contributed by atoms with Crippen LogP contribution in [-0.4, -0.2) is 16.8 Å². The molecule has 0 atom stereocenters. The Bertz CT molecular complexity index is 662. The molecule has 0 unspecified atom stereocenters. The fraction of sp³-hybridized carbons (Fsp3) is 0.312. The first kappa shape index (κ1) is 16.2. The lowest BCUT2D eigenvalue weighted by Crippen LogP contribution is -2.13. The Morgan fingerprint density at radius 2 is 1.95 bits per heavy atom. The Morgan fingerprint density at radius 1 is 1.27 bits per heavy atom. The zero-order chi connectivity index (χ0) is 16.1. The molecular formula is C16H19N3O2S. The number of rotatable bonds is 6. The highest BCUT2D eigenvalue weighted by Crippen LogP contribution is 2.23. The van der Waals surface area contributed by atoms with E-state index >= 15 is 0 Å². The standard InChI is InChI=1S/C16H19N3O2S/c1-10(2)7-15(21)18-12-5-3-11(4-6-12)13-9-22-16(19-13)8-14(17)20/h3-6,9-10H,7-8H2,1-2H3,(H2,17,20)(H,18,21). The highest BCUT2D eigenvalue weighted by molar-refractivity contribution is 7.10. The van der Waals surface area contributed by atoms with Gasteiger partial charge < -0.3 is 11.1 Å². The number of hydrogen-bond donors (Lipinski definition) is 2. The lowest BCUT2D eigenvalue weighted by molar-refractivity contribution is -0.118. The summed E-state index contributed by atoms with van der Waals surface area (Å²) >= 11 is 1.41. The summed E-state index contributed by atoms with van der Waals surface area (Å²) < 4.78 is 0. The normalized spacial score (nSPS) is 10.7. The van der Waals surface area contributed by atoms with E-state index in [9.17, 15) is 9.59 Å². The van der Waals surface area contributed by atoms with E-state index in [0.29, 0.717) is 17.3 Å². The van der Waals surface area contributed by atoms with Gasteiger partial charge in [0.05, 0.1) is 12.1 Å². The summed E-state index contributed by atoms with van der Waals surface area (Å²) in [5.74, 6) is -0.0396. The van der Waals surface area contributed by atoms with Gasteiger partial charge in [-0.15, -0.1) is 11.3 Å². The molecule has 2 aromatic rings. The van der Waals surface area contributed by atoms with Crippen LogP contribution in [0.15, 0.2) is 29.6 Å². The van der Waals surface area contributed by atoms with Crippen LogP contribution in [0.25, 0.3) is 11.3 Å². The van der Waals surface area contributed by atoms with Crippen molar-refractivity contribution in [3.05, 3.63) is 34.7 Å². The van der Waals surface area contributed by atoms with Gasteiger partial charge in [-0.2, -0.15) is 0 Å². The number of carbonyl (C=O) groups excluding carboxylic acids is 2. The lowest BCUT2D eigenvalue weighted by atomic mass is 10.1. The molecule has 22 heavy (non-hydrogen) atoms. The number of nitrogens with zero attached hydrogens (tertiary/aromatic N) is 1. The minimum atomic E-state index is -0.385. The molecule has 6 heteroatoms. The second-order valence-corrected chi connectivity index (χ2v) is 6.44. The third-order valence-corrected chi connectivity index (χ3v) is 3.78. The average Bonchev–Trinajstić information content (AvgIpc) is 2.86. The van der Waals surface area contributed by atoms with Crippen molar-refractivity contribution in [3.8, 4) is 11.3 Å². The van der Waals surface area contributed by atoms with Gasteiger partial charge in [0.1, 0.15) is 5.01 Å². The maximum atomic E-state index is 11.7. The van der Waals surface area contributed by atoms with Crippen LogP contribution >= 0.6 is 11.3 Å². The second kappa shape index (κ2) is 7.17. The maximum Gasteiger partial charge on any atom is 0.224 e. The minimum absolute atomic E-state index is 0.0140. The Kier molecular flexibility index (Phi) is 5.27. The highest BCUT2D eigenvalue weighted by atomic mass is 32.1. The molecule has 0 saturated carbocycles. The number of thiazole rings is 1. The summed E-state index contributed by atoms with van der Waals surface area (Å²) in [5, 5.41) is 5.46. The van der Waals surface area contributed by atoms with E-state index in [0.717, 1.165) is 16.9 Å². The van der Waals surface area contributed by atoms with Gasteiger partial charge in [0, 0.05) is 23.1 Å². The first-order valence-electron chi connectivity index (χ1n) is 7.07. The zero-order valence-electron chi connectivity index (χ0n) is 12.6. The molecule has 0 radical (unpaired) electrons. The van der Waals surface area contributed by atoms with Gasteiger partial charge >= 0.3 is 0 Å². The van der Waals surface area contributed by atoms with E-state index in [2.05, 4.69) is 10.3 Å². The van der Waals surface area contributed by atoms with E-state index in [-0.39, 0.29) is 18.2 Å². The topological polar surface area (TPSA) is 85.1 Å². The van der Waals surface area contributed by atoms with Crippen molar-refractivity contribution in [2.75, 3.05) is 5.32 Å². The fourth-order valence-electron chi connectivity index (χ4n) is 1.98. The van der Waals surface area contributed by atoms with Crippen molar-refractivity contribution < 1.29 is 9.59 Å². The molecule has 5 nitrogen and oxygen atoms in total. The molecule has 116 valence electrons. The number of anilines is 1. The van der Waals surface area contributed by atoms with Crippen LogP contribution in [0.1, 0.15) is 25.3 Å². The molecule has 0 saturated heterocycles. The maximum absolute atomic E-state index is 11.7. The third kappa shape index (κ3) is 4.66. The summed E-state index contributed by atoms with van der Waals surface area (Å²) in [6.45, 7) is 4.02. The van der Waals surface area contributed by atoms with Crippen LogP contribution in [0.5, 0.6) is 0 Å². The summed E-state index contributed by atoms with van der Waals surface area (Å²) in [4.78, 5) is 27.0. The van der Waals surface area contributed by atoms with E-state index in [1.54, 1.807) is 0 Å². The Morgan fingerprint density at radius 3 is 2.55 bits per heavy atom. The van der Waals surface area contributed by atoms with Crippen LogP contribution in [0.2, 0.25) is 0 Å². The molecule has 0 aliphatic carbocycles. The van der Waals surface area contributed by atoms with E-state index < -0.39 is 0 Å².